The highest BCUT2D eigenvalue weighted by molar-refractivity contribution is 8.02. The molecule has 0 fully saturated rings. The number of rotatable bonds is 8. The minimum Gasteiger partial charge on any atom is -0.477 e. The topological polar surface area (TPSA) is 134 Å². The lowest BCUT2D eigenvalue weighted by molar-refractivity contribution is -0.199. The van der Waals surface area contributed by atoms with Gasteiger partial charge in [0.1, 0.15) is 0 Å². The second-order valence-electron chi connectivity index (χ2n) is 2.74. The van der Waals surface area contributed by atoms with E-state index in [1.54, 1.807) is 0 Å². The molecular weight excluding hydrogens is 256 g/mol. The van der Waals surface area contributed by atoms with Gasteiger partial charge in [0.2, 0.25) is 0 Å². The quantitative estimate of drug-likeness (QED) is 0.420. The van der Waals surface area contributed by atoms with E-state index in [-0.39, 0.29) is 25.0 Å². The van der Waals surface area contributed by atoms with Crippen molar-refractivity contribution in [3.05, 3.63) is 0 Å². The normalized spacial score (nSPS) is 18.1. The molecular formula is C8H14O8S. The molecule has 17 heavy (non-hydrogen) atoms. The molecule has 0 aliphatic heterocycles. The van der Waals surface area contributed by atoms with Crippen LogP contribution in [-0.4, -0.2) is 55.8 Å². The molecule has 0 saturated carbocycles. The summed E-state index contributed by atoms with van der Waals surface area (Å²) < 4.78 is 9.00. The fraction of sp³-hybridized carbons (Fsp3) is 0.750. The van der Waals surface area contributed by atoms with Gasteiger partial charge in [0.15, 0.2) is 0 Å². The van der Waals surface area contributed by atoms with Gasteiger partial charge in [0, 0.05) is 13.2 Å². The zero-order valence-corrected chi connectivity index (χ0v) is 10.1. The number of aliphatic hydroxyl groups is 2. The maximum atomic E-state index is 10.8. The summed E-state index contributed by atoms with van der Waals surface area (Å²) >= 11 is -0.273. The first-order valence-electron chi connectivity index (χ1n) is 4.61. The van der Waals surface area contributed by atoms with Gasteiger partial charge in [-0.25, -0.2) is 9.59 Å². The molecule has 0 aromatic rings. The summed E-state index contributed by atoms with van der Waals surface area (Å²) in [6.07, 6.45) is 0. The molecule has 0 aliphatic carbocycles. The molecule has 0 heterocycles. The van der Waals surface area contributed by atoms with Crippen LogP contribution in [0.3, 0.4) is 0 Å². The molecule has 2 atom stereocenters. The molecule has 100 valence electrons. The van der Waals surface area contributed by atoms with Crippen LogP contribution >= 0.6 is 11.8 Å². The van der Waals surface area contributed by atoms with Gasteiger partial charge in [-0.05, 0) is 25.6 Å². The predicted molar refractivity (Wildman–Crippen MR) is 56.0 cm³/mol. The van der Waals surface area contributed by atoms with Crippen molar-refractivity contribution in [2.45, 2.75) is 24.1 Å². The SMILES string of the molecule is CCOC(O)(SC(O)(OCC)C(=O)O)C(=O)O. The fourth-order valence-corrected chi connectivity index (χ4v) is 1.75. The fourth-order valence-electron chi connectivity index (χ4n) is 0.849. The summed E-state index contributed by atoms with van der Waals surface area (Å²) in [6, 6.07) is 0. The standard InChI is InChI=1S/C8H14O8S/c1-3-15-7(13,5(9)10)17-8(14,6(11)12)16-4-2/h13-14H,3-4H2,1-2H3,(H,9,10)(H,11,12). The van der Waals surface area contributed by atoms with Crippen molar-refractivity contribution in [3.8, 4) is 0 Å². The summed E-state index contributed by atoms with van der Waals surface area (Å²) in [5.41, 5.74) is 0. The predicted octanol–water partition coefficient (Wildman–Crippen LogP) is -0.746. The van der Waals surface area contributed by atoms with E-state index in [0.29, 0.717) is 0 Å². The molecule has 8 nitrogen and oxygen atoms in total. The van der Waals surface area contributed by atoms with Crippen molar-refractivity contribution >= 4 is 23.7 Å². The summed E-state index contributed by atoms with van der Waals surface area (Å²) in [6.45, 7) is 2.40. The van der Waals surface area contributed by atoms with E-state index >= 15 is 0 Å². The second kappa shape index (κ2) is 6.17. The van der Waals surface area contributed by atoms with Crippen molar-refractivity contribution in [1.82, 2.24) is 0 Å². The van der Waals surface area contributed by atoms with Crippen LogP contribution in [0.5, 0.6) is 0 Å². The number of carboxylic acids is 2. The maximum Gasteiger partial charge on any atom is 0.376 e. The molecule has 0 spiro atoms. The Morgan fingerprint density at radius 2 is 1.29 bits per heavy atom. The molecule has 9 heteroatoms. The van der Waals surface area contributed by atoms with Crippen LogP contribution < -0.4 is 0 Å². The average molecular weight is 270 g/mol. The number of carbonyl (C=O) groups is 2. The van der Waals surface area contributed by atoms with Crippen LogP contribution in [0.4, 0.5) is 0 Å². The molecule has 0 rings (SSSR count). The van der Waals surface area contributed by atoms with E-state index in [1.807, 2.05) is 0 Å². The molecule has 0 bridgehead atoms. The second-order valence-corrected chi connectivity index (χ2v) is 4.05. The lowest BCUT2D eigenvalue weighted by atomic mass is 10.6. The van der Waals surface area contributed by atoms with Gasteiger partial charge in [0.25, 0.3) is 0 Å². The lowest BCUT2D eigenvalue weighted by Gasteiger charge is -2.29. The summed E-state index contributed by atoms with van der Waals surface area (Å²) in [4.78, 5) is 21.5. The highest BCUT2D eigenvalue weighted by atomic mass is 32.2. The highest BCUT2D eigenvalue weighted by Gasteiger charge is 2.52. The summed E-state index contributed by atoms with van der Waals surface area (Å²) in [7, 11) is 0. The van der Waals surface area contributed by atoms with Crippen LogP contribution in [0.15, 0.2) is 0 Å². The van der Waals surface area contributed by atoms with Gasteiger partial charge < -0.3 is 29.9 Å². The summed E-state index contributed by atoms with van der Waals surface area (Å²) in [5.74, 6) is -3.69. The average Bonchev–Trinajstić information content (AvgIpc) is 2.17. The smallest absolute Gasteiger partial charge is 0.376 e. The first kappa shape index (κ1) is 16.1. The Balaban J connectivity index is 5.06. The van der Waals surface area contributed by atoms with E-state index in [9.17, 15) is 19.8 Å². The molecule has 0 radical (unpaired) electrons. The summed E-state index contributed by atoms with van der Waals surface area (Å²) in [5, 5.41) is 30.7. The van der Waals surface area contributed by atoms with Gasteiger partial charge >= 0.3 is 22.2 Å². The first-order chi connectivity index (χ1) is 7.72. The Hall–Kier alpha value is -0.870. The van der Waals surface area contributed by atoms with Gasteiger partial charge in [-0.3, -0.25) is 0 Å². The van der Waals surface area contributed by atoms with E-state index in [2.05, 4.69) is 9.47 Å². The zero-order chi connectivity index (χ0) is 13.7. The van der Waals surface area contributed by atoms with Crippen LogP contribution in [0, 0.1) is 0 Å². The Kier molecular flexibility index (Phi) is 5.85. The van der Waals surface area contributed by atoms with Crippen LogP contribution in [0.25, 0.3) is 0 Å². The largest absolute Gasteiger partial charge is 0.477 e. The Morgan fingerprint density at radius 3 is 1.47 bits per heavy atom. The Labute approximate surface area is 101 Å². The number of carboxylic acid groups (broad SMARTS) is 2. The van der Waals surface area contributed by atoms with Crippen LogP contribution in [0.2, 0.25) is 0 Å². The number of aliphatic carboxylic acids is 2. The van der Waals surface area contributed by atoms with Gasteiger partial charge in [0.05, 0.1) is 0 Å². The van der Waals surface area contributed by atoms with Crippen molar-refractivity contribution in [3.63, 3.8) is 0 Å². The van der Waals surface area contributed by atoms with Crippen molar-refractivity contribution < 1.29 is 39.5 Å². The number of hydrogen-bond acceptors (Lipinski definition) is 7. The maximum absolute atomic E-state index is 10.8. The Morgan fingerprint density at radius 1 is 1.00 bits per heavy atom. The van der Waals surface area contributed by atoms with Crippen molar-refractivity contribution in [2.24, 2.45) is 0 Å². The molecule has 0 aromatic heterocycles. The number of ether oxygens (including phenoxy) is 2. The molecule has 4 N–H and O–H groups in total. The lowest BCUT2D eigenvalue weighted by Crippen LogP contribution is -2.48. The molecule has 2 unspecified atom stereocenters. The number of hydrogen-bond donors (Lipinski definition) is 4. The van der Waals surface area contributed by atoms with E-state index in [1.165, 1.54) is 13.8 Å². The van der Waals surface area contributed by atoms with Crippen LogP contribution in [0.1, 0.15) is 13.8 Å². The first-order valence-corrected chi connectivity index (χ1v) is 5.43. The number of thioether (sulfide) groups is 1. The molecule has 0 amide bonds. The third-order valence-corrected chi connectivity index (χ3v) is 2.64. The van der Waals surface area contributed by atoms with E-state index < -0.39 is 22.2 Å². The molecule has 0 aromatic carbocycles. The van der Waals surface area contributed by atoms with Gasteiger partial charge in [-0.1, -0.05) is 0 Å². The molecule has 0 aliphatic rings. The van der Waals surface area contributed by atoms with E-state index in [4.69, 9.17) is 10.2 Å². The minimum absolute atomic E-state index is 0.197. The van der Waals surface area contributed by atoms with Gasteiger partial charge in [-0.2, -0.15) is 0 Å². The monoisotopic (exact) mass is 270 g/mol. The highest BCUT2D eigenvalue weighted by Crippen LogP contribution is 2.36. The van der Waals surface area contributed by atoms with Crippen molar-refractivity contribution in [2.75, 3.05) is 13.2 Å². The third-order valence-electron chi connectivity index (χ3n) is 1.50. The van der Waals surface area contributed by atoms with Crippen molar-refractivity contribution in [1.29, 1.82) is 0 Å². The van der Waals surface area contributed by atoms with Crippen LogP contribution in [-0.2, 0) is 19.1 Å². The van der Waals surface area contributed by atoms with Gasteiger partial charge in [-0.15, -0.1) is 0 Å². The minimum atomic E-state index is -2.91. The zero-order valence-electron chi connectivity index (χ0n) is 9.24. The third kappa shape index (κ3) is 4.13. The Bertz CT molecular complexity index is 267. The van der Waals surface area contributed by atoms with E-state index in [0.717, 1.165) is 0 Å². The molecule has 0 saturated heterocycles.